The molecule has 1 aromatic heterocycles. The van der Waals surface area contributed by atoms with Crippen molar-refractivity contribution in [2.75, 3.05) is 19.6 Å². The summed E-state index contributed by atoms with van der Waals surface area (Å²) in [6.45, 7) is 5.57. The predicted octanol–water partition coefficient (Wildman–Crippen LogP) is 2.12. The third-order valence-electron chi connectivity index (χ3n) is 6.63. The molecule has 2 aromatic rings. The number of likely N-dealkylation sites (tertiary alicyclic amines) is 1. The molecule has 7 heteroatoms. The van der Waals surface area contributed by atoms with Crippen molar-refractivity contribution in [1.82, 2.24) is 20.5 Å². The molecule has 0 unspecified atom stereocenters. The Morgan fingerprint density at radius 2 is 2.33 bits per heavy atom. The standard InChI is InChI=1S/C20H26N4O3/c1-2-4-18(25)21-9-14-15-11-24(12-20(15)8-7-17(14)26-20)10-13-5-3-6-16-19(13)23-27-22-16/h3,5-6,14-15,17H,2,4,7-12H2,1H3,(H,21,25)/t14-,15+,17+,20+/m0/s1. The molecule has 1 amide bonds. The molecule has 27 heavy (non-hydrogen) atoms. The molecule has 1 spiro atoms. The highest BCUT2D eigenvalue weighted by atomic mass is 16.6. The molecule has 0 radical (unpaired) electrons. The van der Waals surface area contributed by atoms with E-state index < -0.39 is 0 Å². The molecule has 5 rings (SSSR count). The summed E-state index contributed by atoms with van der Waals surface area (Å²) in [4.78, 5) is 14.4. The number of ether oxygens (including phenoxy) is 1. The van der Waals surface area contributed by atoms with Gasteiger partial charge in [0.2, 0.25) is 5.91 Å². The van der Waals surface area contributed by atoms with E-state index in [2.05, 4.69) is 26.6 Å². The molecule has 2 bridgehead atoms. The second-order valence-corrected chi connectivity index (χ2v) is 8.30. The highest BCUT2D eigenvalue weighted by molar-refractivity contribution is 5.76. The first-order chi connectivity index (χ1) is 13.2. The number of rotatable bonds is 6. The minimum absolute atomic E-state index is 0.0270. The number of hydrogen-bond acceptors (Lipinski definition) is 6. The zero-order chi connectivity index (χ0) is 18.4. The van der Waals surface area contributed by atoms with Gasteiger partial charge in [-0.2, -0.15) is 0 Å². The fourth-order valence-corrected chi connectivity index (χ4v) is 5.46. The van der Waals surface area contributed by atoms with Crippen molar-refractivity contribution in [2.45, 2.75) is 50.9 Å². The van der Waals surface area contributed by atoms with E-state index in [4.69, 9.17) is 9.37 Å². The summed E-state index contributed by atoms with van der Waals surface area (Å²) in [6.07, 6.45) is 4.05. The topological polar surface area (TPSA) is 80.5 Å². The van der Waals surface area contributed by atoms with Crippen LogP contribution in [0.3, 0.4) is 0 Å². The van der Waals surface area contributed by atoms with Crippen LogP contribution in [0.4, 0.5) is 0 Å². The normalized spacial score (nSPS) is 32.3. The monoisotopic (exact) mass is 370 g/mol. The summed E-state index contributed by atoms with van der Waals surface area (Å²) in [6, 6.07) is 6.02. The molecule has 0 aliphatic carbocycles. The number of carbonyl (C=O) groups excluding carboxylic acids is 1. The Balaban J connectivity index is 1.29. The van der Waals surface area contributed by atoms with Gasteiger partial charge in [-0.3, -0.25) is 9.69 Å². The fourth-order valence-electron chi connectivity index (χ4n) is 5.46. The minimum Gasteiger partial charge on any atom is -0.370 e. The summed E-state index contributed by atoms with van der Waals surface area (Å²) < 4.78 is 11.4. The van der Waals surface area contributed by atoms with Crippen LogP contribution in [0.25, 0.3) is 11.0 Å². The van der Waals surface area contributed by atoms with Gasteiger partial charge in [-0.05, 0) is 41.2 Å². The summed E-state index contributed by atoms with van der Waals surface area (Å²) in [5.74, 6) is 1.08. The number of nitrogens with zero attached hydrogens (tertiary/aromatic N) is 3. The van der Waals surface area contributed by atoms with Crippen LogP contribution >= 0.6 is 0 Å². The highest BCUT2D eigenvalue weighted by Crippen LogP contribution is 2.54. The second kappa shape index (κ2) is 6.56. The smallest absolute Gasteiger partial charge is 0.219 e. The van der Waals surface area contributed by atoms with Crippen LogP contribution in [0.1, 0.15) is 38.2 Å². The third kappa shape index (κ3) is 2.84. The SMILES string of the molecule is CCCC(=O)NC[C@H]1[C@H]2CN(Cc3cccc4nonc34)C[C@]23CC[C@H]1O3. The van der Waals surface area contributed by atoms with Crippen LogP contribution in [0.5, 0.6) is 0 Å². The zero-order valence-corrected chi connectivity index (χ0v) is 15.7. The Morgan fingerprint density at radius 1 is 1.41 bits per heavy atom. The van der Waals surface area contributed by atoms with Crippen molar-refractivity contribution >= 4 is 16.9 Å². The molecular formula is C20H26N4O3. The molecule has 1 aromatic carbocycles. The first-order valence-corrected chi connectivity index (χ1v) is 10.1. The predicted molar refractivity (Wildman–Crippen MR) is 98.8 cm³/mol. The van der Waals surface area contributed by atoms with Crippen molar-refractivity contribution in [3.8, 4) is 0 Å². The van der Waals surface area contributed by atoms with Crippen molar-refractivity contribution in [1.29, 1.82) is 0 Å². The largest absolute Gasteiger partial charge is 0.370 e. The van der Waals surface area contributed by atoms with E-state index >= 15 is 0 Å². The third-order valence-corrected chi connectivity index (χ3v) is 6.63. The van der Waals surface area contributed by atoms with Gasteiger partial charge in [-0.15, -0.1) is 0 Å². The van der Waals surface area contributed by atoms with E-state index in [1.807, 2.05) is 19.1 Å². The maximum Gasteiger partial charge on any atom is 0.219 e. The molecule has 7 nitrogen and oxygen atoms in total. The lowest BCUT2D eigenvalue weighted by atomic mass is 9.73. The molecule has 3 fully saturated rings. The van der Waals surface area contributed by atoms with Crippen LogP contribution < -0.4 is 5.32 Å². The van der Waals surface area contributed by atoms with Crippen LogP contribution in [0.15, 0.2) is 22.8 Å². The van der Waals surface area contributed by atoms with Gasteiger partial charge in [0.1, 0.15) is 11.0 Å². The van der Waals surface area contributed by atoms with Gasteiger partial charge >= 0.3 is 0 Å². The van der Waals surface area contributed by atoms with Gasteiger partial charge in [0.15, 0.2) is 0 Å². The fraction of sp³-hybridized carbons (Fsp3) is 0.650. The lowest BCUT2D eigenvalue weighted by molar-refractivity contribution is -0.121. The molecule has 0 saturated carbocycles. The lowest BCUT2D eigenvalue weighted by Crippen LogP contribution is -2.41. The van der Waals surface area contributed by atoms with Crippen LogP contribution in [0, 0.1) is 11.8 Å². The first kappa shape index (κ1) is 17.1. The summed E-state index contributed by atoms with van der Waals surface area (Å²) in [5.41, 5.74) is 2.77. The van der Waals surface area contributed by atoms with Crippen LogP contribution in [0.2, 0.25) is 0 Å². The van der Waals surface area contributed by atoms with E-state index in [1.165, 1.54) is 0 Å². The number of aromatic nitrogens is 2. The number of benzene rings is 1. The summed E-state index contributed by atoms with van der Waals surface area (Å²) in [5, 5.41) is 11.2. The molecule has 3 saturated heterocycles. The lowest BCUT2D eigenvalue weighted by Gasteiger charge is -2.29. The van der Waals surface area contributed by atoms with Crippen molar-refractivity contribution in [2.24, 2.45) is 11.8 Å². The number of hydrogen-bond donors (Lipinski definition) is 1. The average molecular weight is 370 g/mol. The Bertz CT molecular complexity index is 853. The van der Waals surface area contributed by atoms with Crippen molar-refractivity contribution in [3.63, 3.8) is 0 Å². The average Bonchev–Trinajstić information content (AvgIpc) is 3.40. The Hall–Kier alpha value is -1.99. The molecule has 4 heterocycles. The van der Waals surface area contributed by atoms with Crippen molar-refractivity contribution < 1.29 is 14.2 Å². The Morgan fingerprint density at radius 3 is 3.22 bits per heavy atom. The first-order valence-electron chi connectivity index (χ1n) is 10.1. The molecule has 3 aliphatic rings. The van der Waals surface area contributed by atoms with Crippen LogP contribution in [-0.2, 0) is 16.1 Å². The van der Waals surface area contributed by atoms with Gasteiger partial charge in [-0.25, -0.2) is 4.63 Å². The van der Waals surface area contributed by atoms with Gasteiger partial charge in [0, 0.05) is 44.4 Å². The number of nitrogens with one attached hydrogen (secondary N) is 1. The van der Waals surface area contributed by atoms with Gasteiger partial charge < -0.3 is 10.1 Å². The number of amides is 1. The van der Waals surface area contributed by atoms with Gasteiger partial charge in [-0.1, -0.05) is 19.1 Å². The van der Waals surface area contributed by atoms with Gasteiger partial charge in [0.05, 0.1) is 11.7 Å². The molecular weight excluding hydrogens is 344 g/mol. The molecule has 1 N–H and O–H groups in total. The van der Waals surface area contributed by atoms with E-state index in [0.717, 1.165) is 62.0 Å². The zero-order valence-electron chi connectivity index (χ0n) is 15.7. The minimum atomic E-state index is -0.0270. The number of fused-ring (bicyclic) bond motifs is 2. The summed E-state index contributed by atoms with van der Waals surface area (Å²) in [7, 11) is 0. The van der Waals surface area contributed by atoms with Crippen molar-refractivity contribution in [3.05, 3.63) is 23.8 Å². The molecule has 3 aliphatic heterocycles. The molecule has 4 atom stereocenters. The van der Waals surface area contributed by atoms with E-state index in [1.54, 1.807) is 0 Å². The highest BCUT2D eigenvalue weighted by Gasteiger charge is 2.62. The maximum absolute atomic E-state index is 11.9. The number of carbonyl (C=O) groups is 1. The second-order valence-electron chi connectivity index (χ2n) is 8.30. The van der Waals surface area contributed by atoms with Gasteiger partial charge in [0.25, 0.3) is 0 Å². The Labute approximate surface area is 158 Å². The van der Waals surface area contributed by atoms with E-state index in [0.29, 0.717) is 24.4 Å². The maximum atomic E-state index is 11.9. The molecule has 144 valence electrons. The van der Waals surface area contributed by atoms with Crippen LogP contribution in [-0.4, -0.2) is 52.5 Å². The quantitative estimate of drug-likeness (QED) is 0.839. The summed E-state index contributed by atoms with van der Waals surface area (Å²) >= 11 is 0. The van der Waals surface area contributed by atoms with E-state index in [9.17, 15) is 4.79 Å². The van der Waals surface area contributed by atoms with E-state index in [-0.39, 0.29) is 11.5 Å². The Kier molecular flexibility index (Phi) is 4.16.